The molecular formula is C14H24N2O4. The van der Waals surface area contributed by atoms with E-state index in [0.29, 0.717) is 11.8 Å². The van der Waals surface area contributed by atoms with Gasteiger partial charge in [-0.1, -0.05) is 20.3 Å². The quantitative estimate of drug-likeness (QED) is 0.722. The maximum atomic E-state index is 12.2. The number of β-amino-alcohol motifs (C(OH)–C–C–N with tert-alkyl or cyclic N) is 1. The van der Waals surface area contributed by atoms with Gasteiger partial charge in [0.1, 0.15) is 6.04 Å². The van der Waals surface area contributed by atoms with Gasteiger partial charge in [-0.2, -0.15) is 0 Å². The predicted octanol–water partition coefficient (Wildman–Crippen LogP) is 1.04. The second-order valence-corrected chi connectivity index (χ2v) is 6.06. The molecule has 2 rings (SSSR count). The van der Waals surface area contributed by atoms with Gasteiger partial charge < -0.3 is 20.4 Å². The summed E-state index contributed by atoms with van der Waals surface area (Å²) in [5.74, 6) is -0.0119. The first-order valence-electron chi connectivity index (χ1n) is 7.42. The highest BCUT2D eigenvalue weighted by Crippen LogP contribution is 2.34. The molecule has 2 aliphatic rings. The van der Waals surface area contributed by atoms with E-state index in [4.69, 9.17) is 5.11 Å². The van der Waals surface area contributed by atoms with Crippen molar-refractivity contribution in [2.45, 2.75) is 57.7 Å². The number of hydrogen-bond donors (Lipinski definition) is 3. The summed E-state index contributed by atoms with van der Waals surface area (Å²) in [5.41, 5.74) is 0. The fourth-order valence-electron chi connectivity index (χ4n) is 3.54. The van der Waals surface area contributed by atoms with E-state index in [-0.39, 0.29) is 25.0 Å². The second kappa shape index (κ2) is 5.99. The Morgan fingerprint density at radius 2 is 2.05 bits per heavy atom. The molecule has 0 aromatic heterocycles. The first-order valence-corrected chi connectivity index (χ1v) is 7.42. The van der Waals surface area contributed by atoms with E-state index in [0.717, 1.165) is 19.3 Å². The van der Waals surface area contributed by atoms with Gasteiger partial charge in [-0.05, 0) is 24.7 Å². The van der Waals surface area contributed by atoms with Crippen LogP contribution in [-0.4, -0.2) is 51.8 Å². The van der Waals surface area contributed by atoms with Crippen molar-refractivity contribution in [1.29, 1.82) is 0 Å². The van der Waals surface area contributed by atoms with Crippen LogP contribution < -0.4 is 5.32 Å². The maximum absolute atomic E-state index is 12.2. The Balaban J connectivity index is 1.96. The van der Waals surface area contributed by atoms with E-state index >= 15 is 0 Å². The summed E-state index contributed by atoms with van der Waals surface area (Å²) < 4.78 is 0. The van der Waals surface area contributed by atoms with E-state index in [2.05, 4.69) is 19.2 Å². The molecule has 0 radical (unpaired) electrons. The van der Waals surface area contributed by atoms with Gasteiger partial charge in [0.05, 0.1) is 6.10 Å². The van der Waals surface area contributed by atoms with E-state index < -0.39 is 18.1 Å². The van der Waals surface area contributed by atoms with E-state index in [1.807, 2.05) is 0 Å². The van der Waals surface area contributed by atoms with Crippen molar-refractivity contribution in [3.05, 3.63) is 0 Å². The number of likely N-dealkylation sites (tertiary alicyclic amines) is 1. The number of rotatable bonds is 3. The van der Waals surface area contributed by atoms with Crippen molar-refractivity contribution in [3.63, 3.8) is 0 Å². The summed E-state index contributed by atoms with van der Waals surface area (Å²) in [7, 11) is 0. The summed E-state index contributed by atoms with van der Waals surface area (Å²) in [6.07, 6.45) is 2.52. The van der Waals surface area contributed by atoms with Crippen LogP contribution in [0.5, 0.6) is 0 Å². The minimum atomic E-state index is -1.05. The average Bonchev–Trinajstić information content (AvgIpc) is 2.94. The lowest BCUT2D eigenvalue weighted by atomic mass is 9.93. The number of hydrogen-bond acceptors (Lipinski definition) is 3. The molecule has 3 unspecified atom stereocenters. The molecule has 5 atom stereocenters. The number of aliphatic carboxylic acids is 1. The molecule has 2 amide bonds. The number of aliphatic hydroxyl groups is 1. The molecule has 3 N–H and O–H groups in total. The average molecular weight is 284 g/mol. The van der Waals surface area contributed by atoms with Crippen molar-refractivity contribution in [2.24, 2.45) is 11.8 Å². The van der Waals surface area contributed by atoms with Gasteiger partial charge in [0.2, 0.25) is 0 Å². The zero-order valence-corrected chi connectivity index (χ0v) is 12.1. The van der Waals surface area contributed by atoms with Crippen molar-refractivity contribution in [1.82, 2.24) is 10.2 Å². The van der Waals surface area contributed by atoms with Gasteiger partial charge in [-0.25, -0.2) is 9.59 Å². The Bertz CT molecular complexity index is 387. The highest BCUT2D eigenvalue weighted by atomic mass is 16.4. The number of carboxylic acid groups (broad SMARTS) is 1. The molecule has 0 aromatic carbocycles. The normalized spacial score (nSPS) is 37.1. The van der Waals surface area contributed by atoms with Crippen molar-refractivity contribution in [2.75, 3.05) is 6.54 Å². The lowest BCUT2D eigenvalue weighted by molar-refractivity contribution is -0.141. The Morgan fingerprint density at radius 3 is 2.60 bits per heavy atom. The number of nitrogens with zero attached hydrogens (tertiary/aromatic N) is 1. The van der Waals surface area contributed by atoms with Crippen LogP contribution >= 0.6 is 0 Å². The molecule has 1 saturated heterocycles. The number of amides is 2. The molecule has 6 heteroatoms. The standard InChI is InChI=1S/C14H24N2O4/c1-3-9-4-5-11(8(9)2)15-14(20)16-7-10(17)6-12(16)13(18)19/h8-12,17H,3-7H2,1-2H3,(H,15,20)(H,18,19)/t8?,9?,10-,11?,12+/m1/s1. The number of urea groups is 1. The summed E-state index contributed by atoms with van der Waals surface area (Å²) in [5, 5.41) is 21.6. The van der Waals surface area contributed by atoms with Crippen LogP contribution in [0.25, 0.3) is 0 Å². The Labute approximate surface area is 119 Å². The number of carbonyl (C=O) groups excluding carboxylic acids is 1. The molecule has 0 aromatic rings. The highest BCUT2D eigenvalue weighted by molar-refractivity contribution is 5.83. The monoisotopic (exact) mass is 284 g/mol. The number of nitrogens with one attached hydrogen (secondary N) is 1. The summed E-state index contributed by atoms with van der Waals surface area (Å²) >= 11 is 0. The molecule has 114 valence electrons. The Morgan fingerprint density at radius 1 is 1.35 bits per heavy atom. The van der Waals surface area contributed by atoms with Gasteiger partial charge in [0.25, 0.3) is 0 Å². The minimum absolute atomic E-state index is 0.0983. The fraction of sp³-hybridized carbons (Fsp3) is 0.857. The summed E-state index contributed by atoms with van der Waals surface area (Å²) in [6.45, 7) is 4.39. The number of aliphatic hydroxyl groups excluding tert-OH is 1. The molecule has 6 nitrogen and oxygen atoms in total. The molecule has 0 spiro atoms. The van der Waals surface area contributed by atoms with Crippen LogP contribution in [0, 0.1) is 11.8 Å². The molecule has 1 aliphatic carbocycles. The smallest absolute Gasteiger partial charge is 0.326 e. The van der Waals surface area contributed by atoms with Gasteiger partial charge in [0, 0.05) is 19.0 Å². The van der Waals surface area contributed by atoms with Crippen molar-refractivity contribution < 1.29 is 19.8 Å². The predicted molar refractivity (Wildman–Crippen MR) is 73.3 cm³/mol. The van der Waals surface area contributed by atoms with E-state index in [9.17, 15) is 14.7 Å². The lowest BCUT2D eigenvalue weighted by Gasteiger charge is -2.26. The first-order chi connectivity index (χ1) is 9.43. The van der Waals surface area contributed by atoms with Crippen LogP contribution in [0.1, 0.15) is 39.5 Å². The molecule has 1 heterocycles. The van der Waals surface area contributed by atoms with Gasteiger partial charge in [-0.3, -0.25) is 0 Å². The van der Waals surface area contributed by atoms with Gasteiger partial charge >= 0.3 is 12.0 Å². The first kappa shape index (κ1) is 15.1. The fourth-order valence-corrected chi connectivity index (χ4v) is 3.54. The van der Waals surface area contributed by atoms with Crippen LogP contribution in [-0.2, 0) is 4.79 Å². The topological polar surface area (TPSA) is 89.9 Å². The van der Waals surface area contributed by atoms with Gasteiger partial charge in [-0.15, -0.1) is 0 Å². The molecule has 20 heavy (non-hydrogen) atoms. The van der Waals surface area contributed by atoms with E-state index in [1.165, 1.54) is 4.90 Å². The van der Waals surface area contributed by atoms with E-state index in [1.54, 1.807) is 0 Å². The minimum Gasteiger partial charge on any atom is -0.480 e. The van der Waals surface area contributed by atoms with Gasteiger partial charge in [0.15, 0.2) is 0 Å². The van der Waals surface area contributed by atoms with Crippen LogP contribution in [0.3, 0.4) is 0 Å². The van der Waals surface area contributed by atoms with Crippen LogP contribution in [0.4, 0.5) is 4.79 Å². The number of carboxylic acids is 1. The molecule has 2 fully saturated rings. The zero-order valence-electron chi connectivity index (χ0n) is 12.1. The van der Waals surface area contributed by atoms with Crippen LogP contribution in [0.15, 0.2) is 0 Å². The maximum Gasteiger partial charge on any atom is 0.326 e. The summed E-state index contributed by atoms with van der Waals surface area (Å²) in [6, 6.07) is -1.16. The lowest BCUT2D eigenvalue weighted by Crippen LogP contribution is -2.50. The Kier molecular flexibility index (Phi) is 4.52. The SMILES string of the molecule is CCC1CCC(NC(=O)N2C[C@H](O)C[C@H]2C(=O)O)C1C. The molecular weight excluding hydrogens is 260 g/mol. The third kappa shape index (κ3) is 2.90. The van der Waals surface area contributed by atoms with Crippen molar-refractivity contribution >= 4 is 12.0 Å². The third-order valence-corrected chi connectivity index (χ3v) is 4.88. The zero-order chi connectivity index (χ0) is 14.9. The molecule has 0 bridgehead atoms. The second-order valence-electron chi connectivity index (χ2n) is 6.06. The van der Waals surface area contributed by atoms with Crippen LogP contribution in [0.2, 0.25) is 0 Å². The largest absolute Gasteiger partial charge is 0.480 e. The number of carbonyl (C=O) groups is 2. The molecule has 1 saturated carbocycles. The molecule has 1 aliphatic heterocycles. The highest BCUT2D eigenvalue weighted by Gasteiger charge is 2.41. The third-order valence-electron chi connectivity index (χ3n) is 4.88. The Hall–Kier alpha value is -1.30. The summed E-state index contributed by atoms with van der Waals surface area (Å²) in [4.78, 5) is 24.6. The van der Waals surface area contributed by atoms with Crippen molar-refractivity contribution in [3.8, 4) is 0 Å².